The summed E-state index contributed by atoms with van der Waals surface area (Å²) in [6.07, 6.45) is -2.78. The quantitative estimate of drug-likeness (QED) is 0.773. The third-order valence-electron chi connectivity index (χ3n) is 1.64. The van der Waals surface area contributed by atoms with Gasteiger partial charge in [0.05, 0.1) is 0 Å². The second-order valence-electron chi connectivity index (χ2n) is 2.61. The molecule has 1 rings (SSSR count). The van der Waals surface area contributed by atoms with Crippen molar-refractivity contribution in [2.24, 2.45) is 5.73 Å². The van der Waals surface area contributed by atoms with Crippen molar-refractivity contribution in [1.82, 2.24) is 4.98 Å². The van der Waals surface area contributed by atoms with Crippen LogP contribution in [0.25, 0.3) is 0 Å². The summed E-state index contributed by atoms with van der Waals surface area (Å²) in [5.74, 6) is -0.717. The molecule has 0 spiro atoms. The van der Waals surface area contributed by atoms with E-state index in [1.54, 1.807) is 0 Å². The Kier molecular flexibility index (Phi) is 2.87. The molecule has 1 aromatic rings. The van der Waals surface area contributed by atoms with Crippen LogP contribution in [-0.2, 0) is 6.54 Å². The fourth-order valence-corrected chi connectivity index (χ4v) is 1.07. The van der Waals surface area contributed by atoms with Crippen molar-refractivity contribution in [2.45, 2.75) is 19.9 Å². The summed E-state index contributed by atoms with van der Waals surface area (Å²) in [4.78, 5) is 3.53. The molecule has 0 saturated carbocycles. The normalized spacial score (nSPS) is 10.9. The fourth-order valence-electron chi connectivity index (χ4n) is 1.07. The SMILES string of the molecule is Cc1cc(F)c(CN)c(C(F)F)n1. The zero-order valence-corrected chi connectivity index (χ0v) is 7.02. The number of hydrogen-bond donors (Lipinski definition) is 1. The number of nitrogens with two attached hydrogens (primary N) is 1. The minimum Gasteiger partial charge on any atom is -0.326 e. The van der Waals surface area contributed by atoms with E-state index in [1.165, 1.54) is 6.92 Å². The lowest BCUT2D eigenvalue weighted by atomic mass is 10.1. The first kappa shape index (κ1) is 9.98. The summed E-state index contributed by atoms with van der Waals surface area (Å²) < 4.78 is 37.6. The van der Waals surface area contributed by atoms with Crippen LogP contribution in [0.2, 0.25) is 0 Å². The van der Waals surface area contributed by atoms with Crippen LogP contribution < -0.4 is 5.73 Å². The van der Waals surface area contributed by atoms with Gasteiger partial charge in [-0.2, -0.15) is 0 Å². The van der Waals surface area contributed by atoms with E-state index in [-0.39, 0.29) is 17.8 Å². The standard InChI is InChI=1S/C8H9F3N2/c1-4-2-6(9)5(3-12)7(13-4)8(10)11/h2,8H,3,12H2,1H3. The second-order valence-corrected chi connectivity index (χ2v) is 2.61. The Bertz CT molecular complexity index is 313. The lowest BCUT2D eigenvalue weighted by Gasteiger charge is -2.07. The topological polar surface area (TPSA) is 38.9 Å². The molecule has 0 radical (unpaired) electrons. The van der Waals surface area contributed by atoms with Crippen LogP contribution in [0.5, 0.6) is 0 Å². The molecule has 0 fully saturated rings. The van der Waals surface area contributed by atoms with E-state index in [0.29, 0.717) is 0 Å². The van der Waals surface area contributed by atoms with Crippen LogP contribution in [0.1, 0.15) is 23.4 Å². The average molecular weight is 190 g/mol. The van der Waals surface area contributed by atoms with Gasteiger partial charge in [0, 0.05) is 17.8 Å². The van der Waals surface area contributed by atoms with E-state index in [1.807, 2.05) is 0 Å². The maximum atomic E-state index is 13.0. The zero-order chi connectivity index (χ0) is 10.0. The Morgan fingerprint density at radius 2 is 2.15 bits per heavy atom. The molecular formula is C8H9F3N2. The van der Waals surface area contributed by atoms with E-state index in [0.717, 1.165) is 6.07 Å². The maximum absolute atomic E-state index is 13.0. The Morgan fingerprint density at radius 3 is 2.62 bits per heavy atom. The van der Waals surface area contributed by atoms with Gasteiger partial charge in [0.25, 0.3) is 6.43 Å². The lowest BCUT2D eigenvalue weighted by molar-refractivity contribution is 0.144. The summed E-state index contributed by atoms with van der Waals surface area (Å²) in [7, 11) is 0. The minimum atomic E-state index is -2.78. The van der Waals surface area contributed by atoms with Crippen LogP contribution in [0.15, 0.2) is 6.07 Å². The molecular weight excluding hydrogens is 181 g/mol. The van der Waals surface area contributed by atoms with Crippen molar-refractivity contribution in [3.8, 4) is 0 Å². The van der Waals surface area contributed by atoms with Gasteiger partial charge in [-0.3, -0.25) is 4.98 Å². The molecule has 5 heteroatoms. The van der Waals surface area contributed by atoms with E-state index in [2.05, 4.69) is 4.98 Å². The first-order valence-corrected chi connectivity index (χ1v) is 3.70. The Labute approximate surface area is 73.6 Å². The highest BCUT2D eigenvalue weighted by Gasteiger charge is 2.17. The molecule has 0 aliphatic rings. The van der Waals surface area contributed by atoms with Crippen LogP contribution >= 0.6 is 0 Å². The van der Waals surface area contributed by atoms with Gasteiger partial charge >= 0.3 is 0 Å². The number of aryl methyl sites for hydroxylation is 1. The van der Waals surface area contributed by atoms with Crippen LogP contribution in [0.4, 0.5) is 13.2 Å². The van der Waals surface area contributed by atoms with Crippen LogP contribution in [0, 0.1) is 12.7 Å². The van der Waals surface area contributed by atoms with Crippen LogP contribution in [0.3, 0.4) is 0 Å². The third kappa shape index (κ3) is 1.98. The summed E-state index contributed by atoms with van der Waals surface area (Å²) in [5.41, 5.74) is 4.59. The van der Waals surface area contributed by atoms with E-state index < -0.39 is 17.9 Å². The molecule has 0 saturated heterocycles. The predicted molar refractivity (Wildman–Crippen MR) is 41.8 cm³/mol. The largest absolute Gasteiger partial charge is 0.326 e. The Balaban J connectivity index is 3.29. The number of aromatic nitrogens is 1. The summed E-state index contributed by atoms with van der Waals surface area (Å²) in [6, 6.07) is 1.09. The van der Waals surface area contributed by atoms with E-state index in [9.17, 15) is 13.2 Å². The molecule has 0 atom stereocenters. The molecule has 2 nitrogen and oxygen atoms in total. The van der Waals surface area contributed by atoms with Gasteiger partial charge in [0.1, 0.15) is 11.5 Å². The fraction of sp³-hybridized carbons (Fsp3) is 0.375. The Hall–Kier alpha value is -1.10. The molecule has 0 aliphatic carbocycles. The molecule has 1 aromatic heterocycles. The van der Waals surface area contributed by atoms with Crippen molar-refractivity contribution in [2.75, 3.05) is 0 Å². The lowest BCUT2D eigenvalue weighted by Crippen LogP contribution is -2.08. The molecule has 1 heterocycles. The maximum Gasteiger partial charge on any atom is 0.280 e. The third-order valence-corrected chi connectivity index (χ3v) is 1.64. The molecule has 2 N–H and O–H groups in total. The second kappa shape index (κ2) is 3.74. The van der Waals surface area contributed by atoms with Gasteiger partial charge in [-0.05, 0) is 13.0 Å². The van der Waals surface area contributed by atoms with Gasteiger partial charge in [-0.15, -0.1) is 0 Å². The van der Waals surface area contributed by atoms with Crippen molar-refractivity contribution >= 4 is 0 Å². The smallest absolute Gasteiger partial charge is 0.280 e. The van der Waals surface area contributed by atoms with Gasteiger partial charge in [-0.1, -0.05) is 0 Å². The monoisotopic (exact) mass is 190 g/mol. The first-order valence-electron chi connectivity index (χ1n) is 3.70. The number of hydrogen-bond acceptors (Lipinski definition) is 2. The highest BCUT2D eigenvalue weighted by Crippen LogP contribution is 2.23. The predicted octanol–water partition coefficient (Wildman–Crippen LogP) is 1.93. The molecule has 0 unspecified atom stereocenters. The molecule has 0 amide bonds. The highest BCUT2D eigenvalue weighted by atomic mass is 19.3. The van der Waals surface area contributed by atoms with E-state index in [4.69, 9.17) is 5.73 Å². The number of nitrogens with zero attached hydrogens (tertiary/aromatic N) is 1. The van der Waals surface area contributed by atoms with Crippen molar-refractivity contribution in [3.63, 3.8) is 0 Å². The first-order chi connectivity index (χ1) is 6.06. The average Bonchev–Trinajstić information content (AvgIpc) is 2.02. The van der Waals surface area contributed by atoms with Gasteiger partial charge < -0.3 is 5.73 Å². The summed E-state index contributed by atoms with van der Waals surface area (Å²) >= 11 is 0. The summed E-state index contributed by atoms with van der Waals surface area (Å²) in [5, 5.41) is 0. The number of alkyl halides is 2. The van der Waals surface area contributed by atoms with Crippen LogP contribution in [-0.4, -0.2) is 4.98 Å². The minimum absolute atomic E-state index is 0.208. The van der Waals surface area contributed by atoms with E-state index >= 15 is 0 Å². The molecule has 13 heavy (non-hydrogen) atoms. The number of rotatable bonds is 2. The number of pyridine rings is 1. The highest BCUT2D eigenvalue weighted by molar-refractivity contribution is 5.25. The van der Waals surface area contributed by atoms with Gasteiger partial charge in [0.2, 0.25) is 0 Å². The molecule has 0 bridgehead atoms. The Morgan fingerprint density at radius 1 is 1.54 bits per heavy atom. The van der Waals surface area contributed by atoms with Gasteiger partial charge in [0.15, 0.2) is 0 Å². The van der Waals surface area contributed by atoms with Gasteiger partial charge in [-0.25, -0.2) is 13.2 Å². The molecule has 0 aromatic carbocycles. The van der Waals surface area contributed by atoms with Crippen molar-refractivity contribution in [1.29, 1.82) is 0 Å². The zero-order valence-electron chi connectivity index (χ0n) is 7.02. The molecule has 0 aliphatic heterocycles. The number of halogens is 3. The van der Waals surface area contributed by atoms with Crippen molar-refractivity contribution < 1.29 is 13.2 Å². The van der Waals surface area contributed by atoms with Crippen molar-refractivity contribution in [3.05, 3.63) is 28.8 Å². The molecule has 72 valence electrons. The summed E-state index contributed by atoms with van der Waals surface area (Å²) in [6.45, 7) is 1.19.